The molecule has 0 saturated carbocycles. The highest BCUT2D eigenvalue weighted by molar-refractivity contribution is 9.11. The number of sulfonamides is 1. The van der Waals surface area contributed by atoms with E-state index in [0.29, 0.717) is 16.7 Å². The fourth-order valence-corrected chi connectivity index (χ4v) is 5.70. The topological polar surface area (TPSA) is 75.2 Å². The highest BCUT2D eigenvalue weighted by Gasteiger charge is 2.23. The lowest BCUT2D eigenvalue weighted by Gasteiger charge is -2.31. The molecule has 0 radical (unpaired) electrons. The van der Waals surface area contributed by atoms with Gasteiger partial charge in [0.05, 0.1) is 3.79 Å². The van der Waals surface area contributed by atoms with Gasteiger partial charge in [-0.2, -0.15) is 0 Å². The molecule has 2 aromatic rings. The molecule has 1 aliphatic heterocycles. The van der Waals surface area contributed by atoms with E-state index in [1.807, 2.05) is 0 Å². The number of piperidine rings is 1. The summed E-state index contributed by atoms with van der Waals surface area (Å²) >= 11 is 4.51. The molecule has 0 unspecified atom stereocenters. The van der Waals surface area contributed by atoms with Crippen LogP contribution in [0.3, 0.4) is 0 Å². The lowest BCUT2D eigenvalue weighted by Crippen LogP contribution is -2.39. The van der Waals surface area contributed by atoms with Gasteiger partial charge in [0, 0.05) is 32.0 Å². The molecule has 124 valence electrons. The Kier molecular flexibility index (Phi) is 5.30. The van der Waals surface area contributed by atoms with Crippen molar-refractivity contribution in [1.82, 2.24) is 14.7 Å². The van der Waals surface area contributed by atoms with Crippen molar-refractivity contribution in [3.05, 3.63) is 34.4 Å². The molecule has 0 atom stereocenters. The molecule has 9 heteroatoms. The fourth-order valence-electron chi connectivity index (χ4n) is 2.53. The monoisotopic (exact) mass is 416 g/mol. The van der Waals surface area contributed by atoms with Gasteiger partial charge in [-0.05, 0) is 52.9 Å². The first-order valence-electron chi connectivity index (χ1n) is 7.31. The molecule has 1 aliphatic rings. The fraction of sp³-hybridized carbons (Fsp3) is 0.429. The van der Waals surface area contributed by atoms with E-state index in [1.54, 1.807) is 30.6 Å². The number of hydrogen-bond acceptors (Lipinski definition) is 6. The van der Waals surface area contributed by atoms with E-state index >= 15 is 0 Å². The largest absolute Gasteiger partial charge is 0.341 e. The molecule has 0 spiro atoms. The number of anilines is 1. The smallest absolute Gasteiger partial charge is 0.250 e. The number of aromatic nitrogens is 2. The minimum Gasteiger partial charge on any atom is -0.341 e. The van der Waals surface area contributed by atoms with Crippen molar-refractivity contribution in [2.45, 2.75) is 17.1 Å². The lowest BCUT2D eigenvalue weighted by molar-refractivity contribution is 0.399. The number of thiophene rings is 1. The molecule has 3 heterocycles. The summed E-state index contributed by atoms with van der Waals surface area (Å²) in [5.74, 6) is 1.09. The SMILES string of the molecule is O=S(=O)(NCC1CCN(c2ncccn2)CC1)c1ccc(Br)s1. The van der Waals surface area contributed by atoms with Crippen LogP contribution in [0.1, 0.15) is 12.8 Å². The molecule has 0 aromatic carbocycles. The third-order valence-corrected chi connectivity index (χ3v) is 7.36. The minimum atomic E-state index is -3.40. The van der Waals surface area contributed by atoms with E-state index in [2.05, 4.69) is 35.5 Å². The van der Waals surface area contributed by atoms with Crippen LogP contribution in [-0.2, 0) is 10.0 Å². The van der Waals surface area contributed by atoms with Crippen molar-refractivity contribution in [2.75, 3.05) is 24.5 Å². The normalized spacial score (nSPS) is 16.7. The molecule has 0 bridgehead atoms. The van der Waals surface area contributed by atoms with Crippen LogP contribution in [0.4, 0.5) is 5.95 Å². The minimum absolute atomic E-state index is 0.341. The molecule has 1 N–H and O–H groups in total. The molecule has 6 nitrogen and oxygen atoms in total. The molecule has 3 rings (SSSR count). The summed E-state index contributed by atoms with van der Waals surface area (Å²) in [7, 11) is -3.40. The molecule has 2 aromatic heterocycles. The maximum Gasteiger partial charge on any atom is 0.250 e. The Morgan fingerprint density at radius 2 is 1.96 bits per heavy atom. The highest BCUT2D eigenvalue weighted by atomic mass is 79.9. The molecule has 1 saturated heterocycles. The van der Waals surface area contributed by atoms with E-state index in [9.17, 15) is 8.42 Å². The average Bonchev–Trinajstić information content (AvgIpc) is 3.02. The summed E-state index contributed by atoms with van der Waals surface area (Å²) in [6, 6.07) is 5.16. The van der Waals surface area contributed by atoms with Gasteiger partial charge in [-0.15, -0.1) is 11.3 Å². The van der Waals surface area contributed by atoms with Crippen LogP contribution in [0.2, 0.25) is 0 Å². The Bertz CT molecular complexity index is 743. The number of nitrogens with one attached hydrogen (secondary N) is 1. The van der Waals surface area contributed by atoms with Gasteiger partial charge in [0.1, 0.15) is 4.21 Å². The van der Waals surface area contributed by atoms with Crippen LogP contribution in [0.15, 0.2) is 38.6 Å². The second kappa shape index (κ2) is 7.25. The van der Waals surface area contributed by atoms with Gasteiger partial charge in [0.2, 0.25) is 16.0 Å². The standard InChI is InChI=1S/C14H17BrN4O2S2/c15-12-2-3-13(22-12)23(20,21)18-10-11-4-8-19(9-5-11)14-16-6-1-7-17-14/h1-3,6-7,11,18H,4-5,8-10H2. The summed E-state index contributed by atoms with van der Waals surface area (Å²) < 4.78 is 28.3. The van der Waals surface area contributed by atoms with Crippen LogP contribution < -0.4 is 9.62 Å². The van der Waals surface area contributed by atoms with Gasteiger partial charge in [-0.3, -0.25) is 0 Å². The third kappa shape index (κ3) is 4.28. The van der Waals surface area contributed by atoms with Gasteiger partial charge >= 0.3 is 0 Å². The quantitative estimate of drug-likeness (QED) is 0.809. The van der Waals surface area contributed by atoms with Crippen molar-refractivity contribution in [1.29, 1.82) is 0 Å². The number of halogens is 1. The van der Waals surface area contributed by atoms with Crippen molar-refractivity contribution >= 4 is 43.2 Å². The van der Waals surface area contributed by atoms with E-state index in [0.717, 1.165) is 35.7 Å². The predicted octanol–water partition coefficient (Wildman–Crippen LogP) is 2.50. The first-order valence-corrected chi connectivity index (χ1v) is 10.4. The van der Waals surface area contributed by atoms with E-state index in [1.165, 1.54) is 11.3 Å². The second-order valence-electron chi connectivity index (χ2n) is 5.39. The number of nitrogens with zero attached hydrogens (tertiary/aromatic N) is 3. The first kappa shape index (κ1) is 16.8. The number of rotatable bonds is 5. The lowest BCUT2D eigenvalue weighted by atomic mass is 9.97. The third-order valence-electron chi connectivity index (χ3n) is 3.82. The van der Waals surface area contributed by atoms with Crippen molar-refractivity contribution in [3.63, 3.8) is 0 Å². The van der Waals surface area contributed by atoms with E-state index < -0.39 is 10.0 Å². The summed E-state index contributed by atoms with van der Waals surface area (Å²) in [6.45, 7) is 2.17. The van der Waals surface area contributed by atoms with Crippen LogP contribution >= 0.6 is 27.3 Å². The van der Waals surface area contributed by atoms with Gasteiger partial charge < -0.3 is 4.90 Å². The van der Waals surface area contributed by atoms with Gasteiger partial charge in [0.15, 0.2) is 0 Å². The molecule has 23 heavy (non-hydrogen) atoms. The number of hydrogen-bond donors (Lipinski definition) is 1. The Morgan fingerprint density at radius 3 is 2.57 bits per heavy atom. The Labute approximate surface area is 148 Å². The zero-order valence-electron chi connectivity index (χ0n) is 12.4. The van der Waals surface area contributed by atoms with Crippen molar-refractivity contribution < 1.29 is 8.42 Å². The summed E-state index contributed by atoms with van der Waals surface area (Å²) in [5, 5.41) is 0. The van der Waals surface area contributed by atoms with Crippen molar-refractivity contribution in [2.24, 2.45) is 5.92 Å². The zero-order valence-corrected chi connectivity index (χ0v) is 15.6. The van der Waals surface area contributed by atoms with Crippen LogP contribution in [-0.4, -0.2) is 38.0 Å². The summed E-state index contributed by atoms with van der Waals surface area (Å²) in [6.07, 6.45) is 5.33. The van der Waals surface area contributed by atoms with Gasteiger partial charge in [-0.25, -0.2) is 23.1 Å². The van der Waals surface area contributed by atoms with E-state index in [4.69, 9.17) is 0 Å². The summed E-state index contributed by atoms with van der Waals surface area (Å²) in [5.41, 5.74) is 0. The van der Waals surface area contributed by atoms with Crippen LogP contribution in [0.5, 0.6) is 0 Å². The maximum atomic E-state index is 12.2. The van der Waals surface area contributed by atoms with Gasteiger partial charge in [0.25, 0.3) is 0 Å². The summed E-state index contributed by atoms with van der Waals surface area (Å²) in [4.78, 5) is 10.7. The zero-order chi connectivity index (χ0) is 16.3. The maximum absolute atomic E-state index is 12.2. The predicted molar refractivity (Wildman–Crippen MR) is 94.2 cm³/mol. The second-order valence-corrected chi connectivity index (χ2v) is 9.85. The molecule has 1 fully saturated rings. The molecular weight excluding hydrogens is 400 g/mol. The molecule has 0 amide bonds. The molecule has 0 aliphatic carbocycles. The highest BCUT2D eigenvalue weighted by Crippen LogP contribution is 2.26. The van der Waals surface area contributed by atoms with Crippen molar-refractivity contribution in [3.8, 4) is 0 Å². The average molecular weight is 417 g/mol. The van der Waals surface area contributed by atoms with Crippen LogP contribution in [0, 0.1) is 5.92 Å². The van der Waals surface area contributed by atoms with E-state index in [-0.39, 0.29) is 0 Å². The Hall–Kier alpha value is -1.03. The first-order chi connectivity index (χ1) is 11.0. The van der Waals surface area contributed by atoms with Gasteiger partial charge in [-0.1, -0.05) is 0 Å². The Morgan fingerprint density at radius 1 is 1.26 bits per heavy atom. The Balaban J connectivity index is 1.51. The molecular formula is C14H17BrN4O2S2. The van der Waals surface area contributed by atoms with Crippen LogP contribution in [0.25, 0.3) is 0 Å².